The summed E-state index contributed by atoms with van der Waals surface area (Å²) in [6.45, 7) is 3.18. The second-order valence-electron chi connectivity index (χ2n) is 7.46. The molecule has 1 atom stereocenters. The molecule has 154 valence electrons. The van der Waals surface area contributed by atoms with Gasteiger partial charge in [0.05, 0.1) is 28.0 Å². The molecule has 2 aromatic carbocycles. The van der Waals surface area contributed by atoms with E-state index in [1.165, 1.54) is 5.56 Å². The zero-order chi connectivity index (χ0) is 21.8. The maximum atomic E-state index is 8.99. The van der Waals surface area contributed by atoms with Crippen LogP contribution in [0.5, 0.6) is 0 Å². The Kier molecular flexibility index (Phi) is 6.44. The maximum Gasteiger partial charge on any atom is 0.101 e. The fourth-order valence-electron chi connectivity index (χ4n) is 3.88. The third kappa shape index (κ3) is 4.84. The Morgan fingerprint density at radius 3 is 2.45 bits per heavy atom. The van der Waals surface area contributed by atoms with Crippen LogP contribution in [0, 0.1) is 23.7 Å². The number of nitrogens with zero attached hydrogens (tertiary/aromatic N) is 4. The summed E-state index contributed by atoms with van der Waals surface area (Å²) < 4.78 is 0. The SMILES string of the molecule is C#Cc1ccc(N2CCN(Cc3ccc(C#N)cn3)CC2c2ccc(Cl)cc2)c(Cl)c1. The minimum absolute atomic E-state index is 0.0959. The largest absolute Gasteiger partial charge is 0.361 e. The van der Waals surface area contributed by atoms with E-state index in [4.69, 9.17) is 34.9 Å². The third-order valence-corrected chi connectivity index (χ3v) is 6.04. The lowest BCUT2D eigenvalue weighted by atomic mass is 10.0. The van der Waals surface area contributed by atoms with Crippen LogP contribution in [0.25, 0.3) is 0 Å². The van der Waals surface area contributed by atoms with E-state index in [2.05, 4.69) is 38.9 Å². The van der Waals surface area contributed by atoms with E-state index in [0.29, 0.717) is 22.2 Å². The molecule has 0 radical (unpaired) electrons. The molecule has 3 aromatic rings. The number of aromatic nitrogens is 1. The van der Waals surface area contributed by atoms with Crippen LogP contribution in [0.15, 0.2) is 60.8 Å². The second-order valence-corrected chi connectivity index (χ2v) is 8.30. The average molecular weight is 447 g/mol. The maximum absolute atomic E-state index is 8.99. The number of piperazine rings is 1. The fourth-order valence-corrected chi connectivity index (χ4v) is 4.30. The molecular weight excluding hydrogens is 427 g/mol. The molecule has 31 heavy (non-hydrogen) atoms. The highest BCUT2D eigenvalue weighted by Gasteiger charge is 2.30. The van der Waals surface area contributed by atoms with Gasteiger partial charge in [0.25, 0.3) is 0 Å². The van der Waals surface area contributed by atoms with Crippen LogP contribution in [-0.2, 0) is 6.54 Å². The highest BCUT2D eigenvalue weighted by Crippen LogP contribution is 2.36. The van der Waals surface area contributed by atoms with Gasteiger partial charge in [-0.1, -0.05) is 41.3 Å². The van der Waals surface area contributed by atoms with E-state index in [9.17, 15) is 0 Å². The number of hydrogen-bond acceptors (Lipinski definition) is 4. The summed E-state index contributed by atoms with van der Waals surface area (Å²) in [5.74, 6) is 2.64. The van der Waals surface area contributed by atoms with Gasteiger partial charge in [-0.05, 0) is 48.0 Å². The fraction of sp³-hybridized carbons (Fsp3) is 0.200. The van der Waals surface area contributed by atoms with Gasteiger partial charge in [0.15, 0.2) is 0 Å². The molecule has 0 saturated carbocycles. The van der Waals surface area contributed by atoms with Crippen LogP contribution in [0.4, 0.5) is 5.69 Å². The first-order valence-electron chi connectivity index (χ1n) is 9.93. The zero-order valence-electron chi connectivity index (χ0n) is 16.8. The van der Waals surface area contributed by atoms with Crippen molar-refractivity contribution in [3.63, 3.8) is 0 Å². The molecule has 1 saturated heterocycles. The summed E-state index contributed by atoms with van der Waals surface area (Å²) in [7, 11) is 0. The number of terminal acetylenes is 1. The molecule has 1 aromatic heterocycles. The number of nitriles is 1. The lowest BCUT2D eigenvalue weighted by Gasteiger charge is -2.43. The molecule has 6 heteroatoms. The monoisotopic (exact) mass is 446 g/mol. The molecule has 0 amide bonds. The Hall–Kier alpha value is -3.02. The molecule has 1 unspecified atom stereocenters. The molecule has 1 fully saturated rings. The highest BCUT2D eigenvalue weighted by molar-refractivity contribution is 6.33. The Balaban J connectivity index is 1.61. The minimum atomic E-state index is 0.0959. The number of rotatable bonds is 4. The summed E-state index contributed by atoms with van der Waals surface area (Å²) in [5, 5.41) is 10.3. The first kappa shape index (κ1) is 21.2. The Labute approximate surface area is 192 Å². The van der Waals surface area contributed by atoms with Crippen molar-refractivity contribution < 1.29 is 0 Å². The molecule has 4 rings (SSSR count). The van der Waals surface area contributed by atoms with E-state index in [0.717, 1.165) is 36.6 Å². The standard InChI is InChI=1S/C25H20Cl2N4/c1-2-18-4-10-24(23(27)13-18)31-12-11-30(16-22-9-3-19(14-28)15-29-22)17-25(31)20-5-7-21(26)8-6-20/h1,3-10,13,15,25H,11-12,16-17H2. The number of hydrogen-bond donors (Lipinski definition) is 0. The molecule has 0 spiro atoms. The van der Waals surface area contributed by atoms with Crippen LogP contribution >= 0.6 is 23.2 Å². The number of anilines is 1. The Morgan fingerprint density at radius 2 is 1.81 bits per heavy atom. The van der Waals surface area contributed by atoms with E-state index in [1.54, 1.807) is 6.20 Å². The molecule has 0 N–H and O–H groups in total. The lowest BCUT2D eigenvalue weighted by Crippen LogP contribution is -2.48. The lowest BCUT2D eigenvalue weighted by molar-refractivity contribution is 0.213. The Morgan fingerprint density at radius 1 is 1.03 bits per heavy atom. The smallest absolute Gasteiger partial charge is 0.101 e. The normalized spacial score (nSPS) is 16.5. The van der Waals surface area contributed by atoms with Crippen molar-refractivity contribution >= 4 is 28.9 Å². The van der Waals surface area contributed by atoms with Gasteiger partial charge in [0.1, 0.15) is 6.07 Å². The zero-order valence-corrected chi connectivity index (χ0v) is 18.3. The van der Waals surface area contributed by atoms with Crippen LogP contribution in [0.2, 0.25) is 10.0 Å². The van der Waals surface area contributed by atoms with Gasteiger partial charge in [0, 0.05) is 43.0 Å². The summed E-state index contributed by atoms with van der Waals surface area (Å²) in [6.07, 6.45) is 7.14. The molecule has 2 heterocycles. The van der Waals surface area contributed by atoms with E-state index in [1.807, 2.05) is 42.5 Å². The molecule has 0 bridgehead atoms. The van der Waals surface area contributed by atoms with Crippen molar-refractivity contribution in [3.05, 3.63) is 93.2 Å². The summed E-state index contributed by atoms with van der Waals surface area (Å²) in [6, 6.07) is 19.6. The molecule has 4 nitrogen and oxygen atoms in total. The van der Waals surface area contributed by atoms with Gasteiger partial charge in [-0.2, -0.15) is 5.26 Å². The van der Waals surface area contributed by atoms with Crippen LogP contribution < -0.4 is 4.90 Å². The van der Waals surface area contributed by atoms with Gasteiger partial charge in [-0.25, -0.2) is 0 Å². The van der Waals surface area contributed by atoms with Crippen LogP contribution in [0.3, 0.4) is 0 Å². The first-order valence-corrected chi connectivity index (χ1v) is 10.7. The van der Waals surface area contributed by atoms with E-state index >= 15 is 0 Å². The molecule has 1 aliphatic rings. The van der Waals surface area contributed by atoms with Crippen LogP contribution in [0.1, 0.15) is 28.4 Å². The van der Waals surface area contributed by atoms with Crippen molar-refractivity contribution in [1.29, 1.82) is 5.26 Å². The third-order valence-electron chi connectivity index (χ3n) is 5.48. The van der Waals surface area contributed by atoms with Crippen LogP contribution in [-0.4, -0.2) is 29.5 Å². The van der Waals surface area contributed by atoms with Gasteiger partial charge >= 0.3 is 0 Å². The van der Waals surface area contributed by atoms with E-state index in [-0.39, 0.29) is 6.04 Å². The predicted molar refractivity (Wildman–Crippen MR) is 125 cm³/mol. The predicted octanol–water partition coefficient (Wildman–Crippen LogP) is 5.30. The summed E-state index contributed by atoms with van der Waals surface area (Å²) in [5.41, 5.74) is 4.41. The molecular formula is C25H20Cl2N4. The highest BCUT2D eigenvalue weighted by atomic mass is 35.5. The van der Waals surface area contributed by atoms with Crippen molar-refractivity contribution in [3.8, 4) is 18.4 Å². The number of pyridine rings is 1. The summed E-state index contributed by atoms with van der Waals surface area (Å²) in [4.78, 5) is 9.13. The average Bonchev–Trinajstić information content (AvgIpc) is 2.80. The number of benzene rings is 2. The van der Waals surface area contributed by atoms with Crippen molar-refractivity contribution in [1.82, 2.24) is 9.88 Å². The van der Waals surface area contributed by atoms with Gasteiger partial charge in [-0.15, -0.1) is 6.42 Å². The number of halogens is 2. The van der Waals surface area contributed by atoms with Crippen molar-refractivity contribution in [2.75, 3.05) is 24.5 Å². The quantitative estimate of drug-likeness (QED) is 0.509. The molecule has 1 aliphatic heterocycles. The molecule has 0 aliphatic carbocycles. The van der Waals surface area contributed by atoms with Gasteiger partial charge in [-0.3, -0.25) is 9.88 Å². The summed E-state index contributed by atoms with van der Waals surface area (Å²) >= 11 is 12.7. The van der Waals surface area contributed by atoms with Gasteiger partial charge < -0.3 is 4.90 Å². The minimum Gasteiger partial charge on any atom is -0.361 e. The Bertz CT molecular complexity index is 1140. The van der Waals surface area contributed by atoms with E-state index < -0.39 is 0 Å². The topological polar surface area (TPSA) is 43.2 Å². The van der Waals surface area contributed by atoms with Crippen molar-refractivity contribution in [2.24, 2.45) is 0 Å². The van der Waals surface area contributed by atoms with Gasteiger partial charge in [0.2, 0.25) is 0 Å². The van der Waals surface area contributed by atoms with Crippen molar-refractivity contribution in [2.45, 2.75) is 12.6 Å². The first-order chi connectivity index (χ1) is 15.1. The second kappa shape index (κ2) is 9.41.